The molecular formula is C13H18ClNO3. The first kappa shape index (κ1) is 16.4. The van der Waals surface area contributed by atoms with Gasteiger partial charge in [0, 0.05) is 17.5 Å². The first-order chi connectivity index (χ1) is 8.36. The van der Waals surface area contributed by atoms with E-state index in [2.05, 4.69) is 5.32 Å². The molecule has 0 unspecified atom stereocenters. The Morgan fingerprint density at radius 2 is 2.11 bits per heavy atom. The fraction of sp³-hybridized carbons (Fsp3) is 0.385. The average Bonchev–Trinajstić information content (AvgIpc) is 2.23. The zero-order valence-electron chi connectivity index (χ0n) is 10.7. The number of carbonyl (C=O) groups excluding carboxylic acids is 1. The van der Waals surface area contributed by atoms with Crippen molar-refractivity contribution in [2.45, 2.75) is 33.2 Å². The Hall–Kier alpha value is -1.55. The first-order valence-corrected chi connectivity index (χ1v) is 5.92. The van der Waals surface area contributed by atoms with E-state index in [0.717, 1.165) is 17.4 Å². The molecule has 0 saturated carbocycles. The third kappa shape index (κ3) is 7.68. The molecule has 0 aromatic heterocycles. The fourth-order valence-corrected chi connectivity index (χ4v) is 1.39. The van der Waals surface area contributed by atoms with Crippen molar-refractivity contribution in [1.29, 1.82) is 0 Å². The van der Waals surface area contributed by atoms with Crippen LogP contribution in [0, 0.1) is 6.92 Å². The van der Waals surface area contributed by atoms with Gasteiger partial charge in [-0.05, 0) is 44.0 Å². The van der Waals surface area contributed by atoms with Crippen molar-refractivity contribution in [3.05, 3.63) is 34.3 Å². The number of carboxylic acid groups (broad SMARTS) is 1. The molecule has 0 atom stereocenters. The van der Waals surface area contributed by atoms with Gasteiger partial charge in [0.1, 0.15) is 6.29 Å². The number of rotatable bonds is 3. The van der Waals surface area contributed by atoms with Gasteiger partial charge in [0.2, 0.25) is 0 Å². The minimum Gasteiger partial charge on any atom is -0.465 e. The van der Waals surface area contributed by atoms with Crippen LogP contribution in [0.1, 0.15) is 25.0 Å². The molecule has 1 amide bonds. The van der Waals surface area contributed by atoms with E-state index < -0.39 is 6.09 Å². The molecule has 1 rings (SSSR count). The predicted octanol–water partition coefficient (Wildman–Crippen LogP) is 3.05. The quantitative estimate of drug-likeness (QED) is 0.831. The summed E-state index contributed by atoms with van der Waals surface area (Å²) in [7, 11) is 0. The second-order valence-electron chi connectivity index (χ2n) is 4.05. The van der Waals surface area contributed by atoms with E-state index in [1.165, 1.54) is 0 Å². The molecule has 1 aromatic rings. The lowest BCUT2D eigenvalue weighted by molar-refractivity contribution is -0.107. The van der Waals surface area contributed by atoms with E-state index in [1.807, 2.05) is 25.1 Å². The zero-order chi connectivity index (χ0) is 14.1. The molecule has 0 heterocycles. The molecule has 5 heteroatoms. The van der Waals surface area contributed by atoms with Gasteiger partial charge in [-0.25, -0.2) is 4.79 Å². The molecular weight excluding hydrogens is 254 g/mol. The van der Waals surface area contributed by atoms with E-state index in [4.69, 9.17) is 16.7 Å². The largest absolute Gasteiger partial charge is 0.465 e. The van der Waals surface area contributed by atoms with Crippen LogP contribution in [0.2, 0.25) is 5.02 Å². The third-order valence-corrected chi connectivity index (χ3v) is 2.26. The number of hydrogen-bond donors (Lipinski definition) is 2. The minimum absolute atomic E-state index is 0.0255. The summed E-state index contributed by atoms with van der Waals surface area (Å²) in [5, 5.41) is 10.9. The van der Waals surface area contributed by atoms with Crippen LogP contribution in [-0.4, -0.2) is 23.5 Å². The summed E-state index contributed by atoms with van der Waals surface area (Å²) in [6.45, 7) is 5.51. The van der Waals surface area contributed by atoms with Gasteiger partial charge in [-0.1, -0.05) is 17.7 Å². The Labute approximate surface area is 112 Å². The highest BCUT2D eigenvalue weighted by molar-refractivity contribution is 6.30. The number of carbonyl (C=O) groups is 2. The summed E-state index contributed by atoms with van der Waals surface area (Å²) in [5.41, 5.74) is 2.12. The summed E-state index contributed by atoms with van der Waals surface area (Å²) in [6, 6.07) is 5.59. The Kier molecular flexibility index (Phi) is 7.79. The second kappa shape index (κ2) is 8.53. The van der Waals surface area contributed by atoms with Crippen LogP contribution < -0.4 is 5.32 Å². The molecule has 0 aliphatic rings. The number of aldehydes is 1. The lowest BCUT2D eigenvalue weighted by atomic mass is 10.1. The molecule has 1 aromatic carbocycles. The zero-order valence-corrected chi connectivity index (χ0v) is 11.5. The predicted molar refractivity (Wildman–Crippen MR) is 72.3 cm³/mol. The number of hydrogen-bond acceptors (Lipinski definition) is 2. The van der Waals surface area contributed by atoms with Gasteiger partial charge in [-0.2, -0.15) is 0 Å². The first-order valence-electron chi connectivity index (χ1n) is 5.55. The maximum absolute atomic E-state index is 10.2. The normalized spacial score (nSPS) is 9.39. The summed E-state index contributed by atoms with van der Waals surface area (Å²) in [4.78, 5) is 19.9. The lowest BCUT2D eigenvalue weighted by Crippen LogP contribution is -2.27. The number of halogens is 1. The smallest absolute Gasteiger partial charge is 0.404 e. The van der Waals surface area contributed by atoms with Crippen LogP contribution in [0.15, 0.2) is 18.2 Å². The van der Waals surface area contributed by atoms with Crippen LogP contribution in [0.4, 0.5) is 4.79 Å². The van der Waals surface area contributed by atoms with Gasteiger partial charge >= 0.3 is 6.09 Å². The molecule has 0 aliphatic heterocycles. The van der Waals surface area contributed by atoms with E-state index in [1.54, 1.807) is 13.8 Å². The number of aryl methyl sites for hydroxylation is 1. The van der Waals surface area contributed by atoms with Crippen molar-refractivity contribution in [2.75, 3.05) is 0 Å². The van der Waals surface area contributed by atoms with E-state index in [9.17, 15) is 9.59 Å². The topological polar surface area (TPSA) is 66.4 Å². The minimum atomic E-state index is -0.963. The second-order valence-corrected chi connectivity index (χ2v) is 4.48. The maximum atomic E-state index is 10.2. The Bertz CT molecular complexity index is 405. The highest BCUT2D eigenvalue weighted by atomic mass is 35.5. The molecule has 4 nitrogen and oxygen atoms in total. The Morgan fingerprint density at radius 3 is 2.50 bits per heavy atom. The summed E-state index contributed by atoms with van der Waals surface area (Å²) in [5.74, 6) is 0. The Balaban J connectivity index is 0.000000360. The molecule has 0 radical (unpaired) electrons. The SMILES string of the molecule is CC(C)NC(=O)O.Cc1ccc(Cl)cc1CC=O. The van der Waals surface area contributed by atoms with Gasteiger partial charge in [0.15, 0.2) is 0 Å². The highest BCUT2D eigenvalue weighted by Gasteiger charge is 1.97. The lowest BCUT2D eigenvalue weighted by Gasteiger charge is -2.00. The van der Waals surface area contributed by atoms with Gasteiger partial charge in [0.05, 0.1) is 0 Å². The standard InChI is InChI=1S/C9H9ClO.C4H9NO2/c1-7-2-3-9(10)6-8(7)4-5-11;1-3(2)5-4(6)7/h2-3,5-6H,4H2,1H3;3,5H,1-2H3,(H,6,7). The molecule has 0 aliphatic carbocycles. The molecule has 0 fully saturated rings. The van der Waals surface area contributed by atoms with Crippen molar-refractivity contribution < 1.29 is 14.7 Å². The molecule has 0 bridgehead atoms. The molecule has 0 spiro atoms. The molecule has 18 heavy (non-hydrogen) atoms. The molecule has 100 valence electrons. The highest BCUT2D eigenvalue weighted by Crippen LogP contribution is 2.14. The van der Waals surface area contributed by atoms with Gasteiger partial charge in [0.25, 0.3) is 0 Å². The van der Waals surface area contributed by atoms with Gasteiger partial charge in [-0.3, -0.25) is 0 Å². The number of nitrogens with one attached hydrogen (secondary N) is 1. The number of amides is 1. The molecule has 2 N–H and O–H groups in total. The number of benzene rings is 1. The van der Waals surface area contributed by atoms with Crippen molar-refractivity contribution in [3.63, 3.8) is 0 Å². The Morgan fingerprint density at radius 1 is 1.50 bits per heavy atom. The van der Waals surface area contributed by atoms with Crippen LogP contribution in [0.3, 0.4) is 0 Å². The maximum Gasteiger partial charge on any atom is 0.404 e. The van der Waals surface area contributed by atoms with Crippen LogP contribution in [-0.2, 0) is 11.2 Å². The van der Waals surface area contributed by atoms with E-state index in [-0.39, 0.29) is 6.04 Å². The van der Waals surface area contributed by atoms with Crippen LogP contribution >= 0.6 is 11.6 Å². The van der Waals surface area contributed by atoms with Crippen molar-refractivity contribution in [1.82, 2.24) is 5.32 Å². The van der Waals surface area contributed by atoms with Gasteiger partial charge < -0.3 is 15.2 Å². The summed E-state index contributed by atoms with van der Waals surface area (Å²) in [6.07, 6.45) is 0.375. The third-order valence-electron chi connectivity index (χ3n) is 2.03. The van der Waals surface area contributed by atoms with Crippen molar-refractivity contribution in [2.24, 2.45) is 0 Å². The van der Waals surface area contributed by atoms with E-state index >= 15 is 0 Å². The summed E-state index contributed by atoms with van der Waals surface area (Å²) < 4.78 is 0. The summed E-state index contributed by atoms with van der Waals surface area (Å²) >= 11 is 5.74. The van der Waals surface area contributed by atoms with Gasteiger partial charge in [-0.15, -0.1) is 0 Å². The van der Waals surface area contributed by atoms with E-state index in [0.29, 0.717) is 11.4 Å². The van der Waals surface area contributed by atoms with Crippen molar-refractivity contribution >= 4 is 24.0 Å². The molecule has 0 saturated heterocycles. The van der Waals surface area contributed by atoms with Crippen molar-refractivity contribution in [3.8, 4) is 0 Å². The van der Waals surface area contributed by atoms with Crippen LogP contribution in [0.5, 0.6) is 0 Å². The van der Waals surface area contributed by atoms with Crippen LogP contribution in [0.25, 0.3) is 0 Å². The monoisotopic (exact) mass is 271 g/mol. The fourth-order valence-electron chi connectivity index (χ4n) is 1.20. The average molecular weight is 272 g/mol.